The van der Waals surface area contributed by atoms with Crippen LogP contribution < -0.4 is 11.1 Å². The summed E-state index contributed by atoms with van der Waals surface area (Å²) in [5, 5.41) is 6.86. The maximum Gasteiger partial charge on any atom is 0.242 e. The number of carbonyl (C=O) groups is 1. The number of amides is 1. The van der Waals surface area contributed by atoms with Gasteiger partial charge in [-0.1, -0.05) is 13.8 Å². The Labute approximate surface area is 102 Å². The minimum Gasteiger partial charge on any atom is -0.320 e. The molecule has 0 aliphatic carbocycles. The topological polar surface area (TPSA) is 72.9 Å². The highest BCUT2D eigenvalue weighted by molar-refractivity contribution is 5.93. The van der Waals surface area contributed by atoms with E-state index in [2.05, 4.69) is 24.3 Å². The number of nitrogens with zero attached hydrogens (tertiary/aromatic N) is 2. The number of rotatable bonds is 4. The van der Waals surface area contributed by atoms with E-state index in [-0.39, 0.29) is 18.3 Å². The first kappa shape index (κ1) is 14.9. The van der Waals surface area contributed by atoms with Gasteiger partial charge < -0.3 is 11.1 Å². The van der Waals surface area contributed by atoms with Crippen molar-refractivity contribution in [1.29, 1.82) is 0 Å². The molecule has 0 spiro atoms. The van der Waals surface area contributed by atoms with Gasteiger partial charge in [-0.3, -0.25) is 4.79 Å². The van der Waals surface area contributed by atoms with E-state index in [1.165, 1.54) is 0 Å². The van der Waals surface area contributed by atoms with Gasteiger partial charge in [-0.2, -0.15) is 5.10 Å². The second-order valence-electron chi connectivity index (χ2n) is 4.07. The molecule has 6 heteroatoms. The third-order valence-electron chi connectivity index (χ3n) is 1.92. The van der Waals surface area contributed by atoms with Gasteiger partial charge in [-0.25, -0.2) is 4.68 Å². The van der Waals surface area contributed by atoms with E-state index >= 15 is 0 Å². The SMILES string of the molecule is CC(C)Cn1nccc1NC(=O)C(C)N.Cl. The van der Waals surface area contributed by atoms with E-state index in [0.717, 1.165) is 6.54 Å². The largest absolute Gasteiger partial charge is 0.320 e. The molecule has 1 amide bonds. The lowest BCUT2D eigenvalue weighted by Gasteiger charge is -2.11. The monoisotopic (exact) mass is 246 g/mol. The van der Waals surface area contributed by atoms with Crippen molar-refractivity contribution in [2.75, 3.05) is 5.32 Å². The fraction of sp³-hybridized carbons (Fsp3) is 0.600. The van der Waals surface area contributed by atoms with Crippen LogP contribution in [0.15, 0.2) is 12.3 Å². The van der Waals surface area contributed by atoms with Crippen molar-refractivity contribution < 1.29 is 4.79 Å². The summed E-state index contributed by atoms with van der Waals surface area (Å²) < 4.78 is 1.77. The Morgan fingerprint density at radius 2 is 2.19 bits per heavy atom. The first-order valence-corrected chi connectivity index (χ1v) is 5.09. The molecular weight excluding hydrogens is 228 g/mol. The molecule has 0 aliphatic rings. The first-order chi connectivity index (χ1) is 7.00. The molecule has 0 radical (unpaired) electrons. The van der Waals surface area contributed by atoms with Gasteiger partial charge in [0.1, 0.15) is 5.82 Å². The molecule has 1 heterocycles. The molecule has 16 heavy (non-hydrogen) atoms. The van der Waals surface area contributed by atoms with E-state index in [4.69, 9.17) is 5.73 Å². The number of aromatic nitrogens is 2. The standard InChI is InChI=1S/C10H18N4O.ClH/c1-7(2)6-14-9(4-5-12-14)13-10(15)8(3)11;/h4-5,7-8H,6,11H2,1-3H3,(H,13,15);1H. The molecule has 5 nitrogen and oxygen atoms in total. The number of nitrogens with one attached hydrogen (secondary N) is 1. The molecule has 0 bridgehead atoms. The number of carbonyl (C=O) groups excluding carboxylic acids is 1. The summed E-state index contributed by atoms with van der Waals surface area (Å²) in [7, 11) is 0. The third kappa shape index (κ3) is 4.20. The van der Waals surface area contributed by atoms with Gasteiger partial charge in [0.2, 0.25) is 5.91 Å². The third-order valence-corrected chi connectivity index (χ3v) is 1.92. The van der Waals surface area contributed by atoms with Crippen molar-refractivity contribution in [2.24, 2.45) is 11.7 Å². The van der Waals surface area contributed by atoms with E-state index in [1.807, 2.05) is 0 Å². The average Bonchev–Trinajstić information content (AvgIpc) is 2.51. The van der Waals surface area contributed by atoms with Crippen LogP contribution in [-0.2, 0) is 11.3 Å². The van der Waals surface area contributed by atoms with Gasteiger partial charge in [0.25, 0.3) is 0 Å². The summed E-state index contributed by atoms with van der Waals surface area (Å²) in [5.74, 6) is 0.988. The first-order valence-electron chi connectivity index (χ1n) is 5.09. The number of nitrogens with two attached hydrogens (primary N) is 1. The second-order valence-corrected chi connectivity index (χ2v) is 4.07. The van der Waals surface area contributed by atoms with Gasteiger partial charge in [-0.15, -0.1) is 12.4 Å². The van der Waals surface area contributed by atoms with E-state index < -0.39 is 6.04 Å². The highest BCUT2D eigenvalue weighted by Crippen LogP contribution is 2.09. The number of hydrogen-bond acceptors (Lipinski definition) is 3. The molecule has 1 rings (SSSR count). The van der Waals surface area contributed by atoms with Crippen LogP contribution in [0.25, 0.3) is 0 Å². The van der Waals surface area contributed by atoms with Crippen molar-refractivity contribution in [2.45, 2.75) is 33.4 Å². The summed E-state index contributed by atoms with van der Waals surface area (Å²) in [5.41, 5.74) is 5.46. The lowest BCUT2D eigenvalue weighted by atomic mass is 10.2. The van der Waals surface area contributed by atoms with E-state index in [9.17, 15) is 4.79 Å². The molecule has 0 saturated carbocycles. The maximum atomic E-state index is 11.4. The van der Waals surface area contributed by atoms with Crippen LogP contribution in [0.4, 0.5) is 5.82 Å². The van der Waals surface area contributed by atoms with Gasteiger partial charge in [0, 0.05) is 12.6 Å². The summed E-state index contributed by atoms with van der Waals surface area (Å²) in [6.07, 6.45) is 1.67. The molecule has 1 aromatic rings. The number of halogens is 1. The highest BCUT2D eigenvalue weighted by Gasteiger charge is 2.11. The Balaban J connectivity index is 0.00000225. The van der Waals surface area contributed by atoms with E-state index in [0.29, 0.717) is 11.7 Å². The quantitative estimate of drug-likeness (QED) is 0.840. The van der Waals surface area contributed by atoms with Crippen molar-refractivity contribution >= 4 is 24.1 Å². The summed E-state index contributed by atoms with van der Waals surface area (Å²) in [4.78, 5) is 11.4. The zero-order valence-corrected chi connectivity index (χ0v) is 10.6. The molecule has 1 aromatic heterocycles. The molecule has 3 N–H and O–H groups in total. The van der Waals surface area contributed by atoms with Crippen LogP contribution in [0, 0.1) is 5.92 Å². The molecule has 0 aliphatic heterocycles. The Bertz CT molecular complexity index is 335. The lowest BCUT2D eigenvalue weighted by molar-refractivity contribution is -0.117. The minimum absolute atomic E-state index is 0. The predicted molar refractivity (Wildman–Crippen MR) is 66.6 cm³/mol. The van der Waals surface area contributed by atoms with Gasteiger partial charge in [-0.05, 0) is 12.8 Å². The lowest BCUT2D eigenvalue weighted by Crippen LogP contribution is -2.33. The van der Waals surface area contributed by atoms with Crippen LogP contribution in [0.3, 0.4) is 0 Å². The van der Waals surface area contributed by atoms with Crippen molar-refractivity contribution in [3.8, 4) is 0 Å². The summed E-state index contributed by atoms with van der Waals surface area (Å²) in [6.45, 7) is 6.62. The predicted octanol–water partition coefficient (Wildman–Crippen LogP) is 1.25. The Morgan fingerprint density at radius 1 is 1.56 bits per heavy atom. The van der Waals surface area contributed by atoms with Crippen LogP contribution in [-0.4, -0.2) is 21.7 Å². The van der Waals surface area contributed by atoms with Gasteiger partial charge >= 0.3 is 0 Å². The average molecular weight is 247 g/mol. The molecule has 0 aromatic carbocycles. The fourth-order valence-electron chi connectivity index (χ4n) is 1.17. The fourth-order valence-corrected chi connectivity index (χ4v) is 1.17. The maximum absolute atomic E-state index is 11.4. The molecule has 0 fully saturated rings. The minimum atomic E-state index is -0.507. The molecule has 0 saturated heterocycles. The highest BCUT2D eigenvalue weighted by atomic mass is 35.5. The van der Waals surface area contributed by atoms with Crippen molar-refractivity contribution in [3.05, 3.63) is 12.3 Å². The van der Waals surface area contributed by atoms with E-state index in [1.54, 1.807) is 23.9 Å². The van der Waals surface area contributed by atoms with Gasteiger partial charge in [0.15, 0.2) is 0 Å². The van der Waals surface area contributed by atoms with Crippen molar-refractivity contribution in [3.63, 3.8) is 0 Å². The molecule has 1 atom stereocenters. The van der Waals surface area contributed by atoms with Crippen LogP contribution in [0.1, 0.15) is 20.8 Å². The summed E-state index contributed by atoms with van der Waals surface area (Å²) in [6, 6.07) is 1.26. The molecule has 92 valence electrons. The Kier molecular flexibility index (Phi) is 6.06. The molecule has 1 unspecified atom stereocenters. The number of hydrogen-bond donors (Lipinski definition) is 2. The normalized spacial score (nSPS) is 12.1. The number of anilines is 1. The van der Waals surface area contributed by atoms with Gasteiger partial charge in [0.05, 0.1) is 12.2 Å². The van der Waals surface area contributed by atoms with Crippen LogP contribution in [0.2, 0.25) is 0 Å². The molecular formula is C10H19ClN4O. The second kappa shape index (κ2) is 6.50. The smallest absolute Gasteiger partial charge is 0.242 e. The summed E-state index contributed by atoms with van der Waals surface area (Å²) >= 11 is 0. The van der Waals surface area contributed by atoms with Crippen molar-refractivity contribution in [1.82, 2.24) is 9.78 Å². The zero-order chi connectivity index (χ0) is 11.4. The van der Waals surface area contributed by atoms with Crippen LogP contribution >= 0.6 is 12.4 Å². The Morgan fingerprint density at radius 3 is 2.69 bits per heavy atom. The van der Waals surface area contributed by atoms with Crippen LogP contribution in [0.5, 0.6) is 0 Å². The zero-order valence-electron chi connectivity index (χ0n) is 9.80. The Hall–Kier alpha value is -1.07.